The normalized spacial score (nSPS) is 10.1. The third-order valence-electron chi connectivity index (χ3n) is 2.26. The quantitative estimate of drug-likeness (QED) is 0.853. The Bertz CT molecular complexity index is 590. The molecule has 1 aromatic carbocycles. The van der Waals surface area contributed by atoms with E-state index in [9.17, 15) is 9.59 Å². The summed E-state index contributed by atoms with van der Waals surface area (Å²) in [5.74, 6) is -0.710. The van der Waals surface area contributed by atoms with Gasteiger partial charge in [0.1, 0.15) is 12.4 Å². The third-order valence-corrected chi connectivity index (χ3v) is 2.26. The number of rotatable bonds is 3. The molecule has 5 heteroatoms. The van der Waals surface area contributed by atoms with Crippen LogP contribution in [0.3, 0.4) is 0 Å². The second-order valence-electron chi connectivity index (χ2n) is 3.45. The monoisotopic (exact) mass is 230 g/mol. The van der Waals surface area contributed by atoms with Crippen LogP contribution in [-0.2, 0) is 11.3 Å². The molecular formula is C12H10N2O3. The fourth-order valence-corrected chi connectivity index (χ4v) is 1.54. The molecule has 0 aliphatic heterocycles. The first-order chi connectivity index (χ1) is 8.18. The van der Waals surface area contributed by atoms with Crippen molar-refractivity contribution >= 4 is 5.97 Å². The highest BCUT2D eigenvalue weighted by atomic mass is 16.4. The molecule has 2 rings (SSSR count). The zero-order valence-corrected chi connectivity index (χ0v) is 8.91. The summed E-state index contributed by atoms with van der Waals surface area (Å²) in [5, 5.41) is 8.78. The van der Waals surface area contributed by atoms with Gasteiger partial charge in [-0.1, -0.05) is 30.3 Å². The van der Waals surface area contributed by atoms with Crippen molar-refractivity contribution in [3.05, 3.63) is 52.9 Å². The van der Waals surface area contributed by atoms with Gasteiger partial charge in [0.2, 0.25) is 0 Å². The Morgan fingerprint density at radius 2 is 1.94 bits per heavy atom. The van der Waals surface area contributed by atoms with Crippen LogP contribution in [0.4, 0.5) is 0 Å². The number of carbonyl (C=O) groups is 1. The van der Waals surface area contributed by atoms with E-state index in [0.29, 0.717) is 11.4 Å². The number of benzene rings is 1. The first kappa shape index (κ1) is 11.1. The Morgan fingerprint density at radius 1 is 1.24 bits per heavy atom. The summed E-state index contributed by atoms with van der Waals surface area (Å²) in [4.78, 5) is 26.4. The lowest BCUT2D eigenvalue weighted by Crippen LogP contribution is -2.25. The molecule has 0 aliphatic rings. The molecule has 0 saturated heterocycles. The lowest BCUT2D eigenvalue weighted by molar-refractivity contribution is -0.137. The molecule has 17 heavy (non-hydrogen) atoms. The van der Waals surface area contributed by atoms with Crippen LogP contribution in [0.2, 0.25) is 0 Å². The van der Waals surface area contributed by atoms with E-state index in [4.69, 9.17) is 5.11 Å². The summed E-state index contributed by atoms with van der Waals surface area (Å²) >= 11 is 0. The zero-order valence-electron chi connectivity index (χ0n) is 8.91. The van der Waals surface area contributed by atoms with Crippen LogP contribution < -0.4 is 5.56 Å². The van der Waals surface area contributed by atoms with Crippen LogP contribution >= 0.6 is 0 Å². The second kappa shape index (κ2) is 4.61. The maximum atomic E-state index is 11.6. The second-order valence-corrected chi connectivity index (χ2v) is 3.45. The largest absolute Gasteiger partial charge is 0.480 e. The molecule has 0 radical (unpaired) electrons. The van der Waals surface area contributed by atoms with E-state index in [0.717, 1.165) is 4.57 Å². The van der Waals surface area contributed by atoms with Gasteiger partial charge < -0.3 is 5.11 Å². The molecule has 86 valence electrons. The average molecular weight is 230 g/mol. The number of hydrogen-bond acceptors (Lipinski definition) is 3. The van der Waals surface area contributed by atoms with Gasteiger partial charge in [0.15, 0.2) is 0 Å². The van der Waals surface area contributed by atoms with E-state index in [2.05, 4.69) is 4.98 Å². The van der Waals surface area contributed by atoms with Crippen molar-refractivity contribution in [2.24, 2.45) is 0 Å². The third kappa shape index (κ3) is 2.39. The SMILES string of the molecule is O=C(O)Cn1c(-c2ccccc2)nccc1=O. The van der Waals surface area contributed by atoms with Crippen molar-refractivity contribution in [1.29, 1.82) is 0 Å². The fraction of sp³-hybridized carbons (Fsp3) is 0.0833. The summed E-state index contributed by atoms with van der Waals surface area (Å²) in [7, 11) is 0. The number of aliphatic carboxylic acids is 1. The van der Waals surface area contributed by atoms with Gasteiger partial charge in [0.05, 0.1) is 0 Å². The number of aromatic nitrogens is 2. The minimum Gasteiger partial charge on any atom is -0.480 e. The molecule has 0 aliphatic carbocycles. The molecule has 0 atom stereocenters. The van der Waals surface area contributed by atoms with Crippen molar-refractivity contribution in [2.75, 3.05) is 0 Å². The first-order valence-electron chi connectivity index (χ1n) is 5.01. The highest BCUT2D eigenvalue weighted by Gasteiger charge is 2.09. The molecule has 2 aromatic rings. The summed E-state index contributed by atoms with van der Waals surface area (Å²) in [6.45, 7) is -0.392. The molecule has 0 unspecified atom stereocenters. The van der Waals surface area contributed by atoms with Crippen LogP contribution in [0.25, 0.3) is 11.4 Å². The van der Waals surface area contributed by atoms with Crippen molar-refractivity contribution in [1.82, 2.24) is 9.55 Å². The number of hydrogen-bond donors (Lipinski definition) is 1. The van der Waals surface area contributed by atoms with Gasteiger partial charge in [-0.3, -0.25) is 14.2 Å². The lowest BCUT2D eigenvalue weighted by atomic mass is 10.2. The first-order valence-corrected chi connectivity index (χ1v) is 5.01. The fourth-order valence-electron chi connectivity index (χ4n) is 1.54. The van der Waals surface area contributed by atoms with E-state index in [1.807, 2.05) is 6.07 Å². The highest BCUT2D eigenvalue weighted by molar-refractivity contribution is 5.68. The van der Waals surface area contributed by atoms with E-state index >= 15 is 0 Å². The van der Waals surface area contributed by atoms with Gasteiger partial charge in [0, 0.05) is 17.8 Å². The van der Waals surface area contributed by atoms with Crippen LogP contribution in [0.5, 0.6) is 0 Å². The van der Waals surface area contributed by atoms with Gasteiger partial charge in [-0.05, 0) is 0 Å². The smallest absolute Gasteiger partial charge is 0.323 e. The molecule has 0 saturated carbocycles. The molecule has 0 fully saturated rings. The molecular weight excluding hydrogens is 220 g/mol. The lowest BCUT2D eigenvalue weighted by Gasteiger charge is -2.08. The summed E-state index contributed by atoms with van der Waals surface area (Å²) < 4.78 is 1.14. The molecule has 1 N–H and O–H groups in total. The van der Waals surface area contributed by atoms with E-state index in [-0.39, 0.29) is 5.56 Å². The van der Waals surface area contributed by atoms with Crippen molar-refractivity contribution < 1.29 is 9.90 Å². The zero-order chi connectivity index (χ0) is 12.3. The minimum atomic E-state index is -1.07. The van der Waals surface area contributed by atoms with Gasteiger partial charge >= 0.3 is 5.97 Å². The van der Waals surface area contributed by atoms with Crippen LogP contribution in [0, 0.1) is 0 Å². The summed E-state index contributed by atoms with van der Waals surface area (Å²) in [6, 6.07) is 10.3. The summed E-state index contributed by atoms with van der Waals surface area (Å²) in [6.07, 6.45) is 1.38. The number of nitrogens with zero attached hydrogens (tertiary/aromatic N) is 2. The van der Waals surface area contributed by atoms with Crippen LogP contribution in [0.1, 0.15) is 0 Å². The maximum Gasteiger partial charge on any atom is 0.323 e. The van der Waals surface area contributed by atoms with Gasteiger partial charge in [-0.25, -0.2) is 4.98 Å². The average Bonchev–Trinajstić information content (AvgIpc) is 2.32. The molecule has 0 spiro atoms. The standard InChI is InChI=1S/C12H10N2O3/c15-10-6-7-13-12(14(10)8-11(16)17)9-4-2-1-3-5-9/h1-7H,8H2,(H,16,17). The predicted octanol–water partition coefficient (Wildman–Crippen LogP) is 0.995. The Labute approximate surface area is 97.0 Å². The molecule has 0 amide bonds. The topological polar surface area (TPSA) is 72.2 Å². The van der Waals surface area contributed by atoms with E-state index < -0.39 is 12.5 Å². The maximum absolute atomic E-state index is 11.6. The Balaban J connectivity index is 2.58. The Kier molecular flexibility index (Phi) is 3.00. The predicted molar refractivity (Wildman–Crippen MR) is 61.6 cm³/mol. The van der Waals surface area contributed by atoms with Gasteiger partial charge in [-0.15, -0.1) is 0 Å². The molecule has 5 nitrogen and oxygen atoms in total. The number of carboxylic acid groups (broad SMARTS) is 1. The van der Waals surface area contributed by atoms with Gasteiger partial charge in [0.25, 0.3) is 5.56 Å². The minimum absolute atomic E-state index is 0.362. The van der Waals surface area contributed by atoms with E-state index in [1.165, 1.54) is 12.3 Å². The van der Waals surface area contributed by atoms with Crippen molar-refractivity contribution in [3.63, 3.8) is 0 Å². The van der Waals surface area contributed by atoms with Crippen LogP contribution in [0.15, 0.2) is 47.4 Å². The van der Waals surface area contributed by atoms with Crippen molar-refractivity contribution in [2.45, 2.75) is 6.54 Å². The number of carboxylic acids is 1. The van der Waals surface area contributed by atoms with E-state index in [1.54, 1.807) is 24.3 Å². The highest BCUT2D eigenvalue weighted by Crippen LogP contribution is 2.13. The van der Waals surface area contributed by atoms with Crippen LogP contribution in [-0.4, -0.2) is 20.6 Å². The summed E-state index contributed by atoms with van der Waals surface area (Å²) in [5.41, 5.74) is 0.340. The molecule has 0 bridgehead atoms. The Morgan fingerprint density at radius 3 is 2.59 bits per heavy atom. The molecule has 1 aromatic heterocycles. The Hall–Kier alpha value is -2.43. The van der Waals surface area contributed by atoms with Crippen molar-refractivity contribution in [3.8, 4) is 11.4 Å². The molecule has 1 heterocycles. The van der Waals surface area contributed by atoms with Gasteiger partial charge in [-0.2, -0.15) is 0 Å².